The van der Waals surface area contributed by atoms with Gasteiger partial charge in [0.25, 0.3) is 0 Å². The molecule has 0 aliphatic carbocycles. The number of para-hydroxylation sites is 1. The molecular formula is C16H14N4O. The van der Waals surface area contributed by atoms with Crippen molar-refractivity contribution in [3.63, 3.8) is 0 Å². The number of fused-ring (bicyclic) bond motifs is 2. The van der Waals surface area contributed by atoms with E-state index in [9.17, 15) is 0 Å². The SMILES string of the molecule is OCCn1cc2ccc(-n3ncc4ccccc43)cc2n1. The van der Waals surface area contributed by atoms with Crippen LogP contribution in [0.25, 0.3) is 27.5 Å². The van der Waals surface area contributed by atoms with Crippen LogP contribution < -0.4 is 0 Å². The van der Waals surface area contributed by atoms with Crippen molar-refractivity contribution in [1.29, 1.82) is 0 Å². The summed E-state index contributed by atoms with van der Waals surface area (Å²) in [5.41, 5.74) is 2.96. The molecule has 0 radical (unpaired) electrons. The minimum Gasteiger partial charge on any atom is -0.394 e. The van der Waals surface area contributed by atoms with Crippen LogP contribution in [-0.4, -0.2) is 31.3 Å². The highest BCUT2D eigenvalue weighted by atomic mass is 16.3. The van der Waals surface area contributed by atoms with Crippen molar-refractivity contribution in [2.75, 3.05) is 6.61 Å². The third-order valence-corrected chi connectivity index (χ3v) is 3.59. The maximum absolute atomic E-state index is 8.99. The second-order valence-corrected chi connectivity index (χ2v) is 4.97. The van der Waals surface area contributed by atoms with Crippen molar-refractivity contribution in [2.24, 2.45) is 0 Å². The molecule has 4 aromatic rings. The summed E-state index contributed by atoms with van der Waals surface area (Å²) in [5, 5.41) is 20.1. The van der Waals surface area contributed by atoms with E-state index in [2.05, 4.69) is 16.3 Å². The smallest absolute Gasteiger partial charge is 0.0944 e. The number of aliphatic hydroxyl groups excluding tert-OH is 1. The van der Waals surface area contributed by atoms with Gasteiger partial charge in [-0.2, -0.15) is 10.2 Å². The molecule has 0 saturated heterocycles. The Morgan fingerprint density at radius 1 is 1.05 bits per heavy atom. The first-order valence-electron chi connectivity index (χ1n) is 6.86. The normalized spacial score (nSPS) is 11.5. The molecule has 0 aliphatic rings. The van der Waals surface area contributed by atoms with E-state index in [1.54, 1.807) is 4.68 Å². The van der Waals surface area contributed by atoms with Gasteiger partial charge in [-0.1, -0.05) is 18.2 Å². The molecule has 0 atom stereocenters. The Labute approximate surface area is 121 Å². The average molecular weight is 278 g/mol. The molecule has 0 spiro atoms. The van der Waals surface area contributed by atoms with E-state index in [1.807, 2.05) is 53.5 Å². The lowest BCUT2D eigenvalue weighted by Crippen LogP contribution is -2.01. The lowest BCUT2D eigenvalue weighted by Gasteiger charge is -2.03. The molecule has 0 aliphatic heterocycles. The first-order chi connectivity index (χ1) is 10.3. The number of aliphatic hydroxyl groups is 1. The van der Waals surface area contributed by atoms with E-state index in [-0.39, 0.29) is 6.61 Å². The van der Waals surface area contributed by atoms with Gasteiger partial charge in [-0.3, -0.25) is 4.68 Å². The highest BCUT2D eigenvalue weighted by Gasteiger charge is 2.07. The van der Waals surface area contributed by atoms with Crippen LogP contribution in [0.15, 0.2) is 54.9 Å². The molecular weight excluding hydrogens is 264 g/mol. The van der Waals surface area contributed by atoms with Crippen molar-refractivity contribution >= 4 is 21.8 Å². The maximum atomic E-state index is 8.99. The van der Waals surface area contributed by atoms with Crippen LogP contribution in [0.3, 0.4) is 0 Å². The quantitative estimate of drug-likeness (QED) is 0.626. The number of nitrogens with zero attached hydrogens (tertiary/aromatic N) is 4. The number of rotatable bonds is 3. The fourth-order valence-corrected chi connectivity index (χ4v) is 2.58. The first kappa shape index (κ1) is 12.1. The number of hydrogen-bond acceptors (Lipinski definition) is 3. The van der Waals surface area contributed by atoms with Gasteiger partial charge in [0, 0.05) is 17.0 Å². The van der Waals surface area contributed by atoms with Gasteiger partial charge in [0.15, 0.2) is 0 Å². The Kier molecular flexibility index (Phi) is 2.72. The highest BCUT2D eigenvalue weighted by molar-refractivity contribution is 5.83. The minimum atomic E-state index is 0.0879. The van der Waals surface area contributed by atoms with Crippen LogP contribution in [0.2, 0.25) is 0 Å². The predicted molar refractivity (Wildman–Crippen MR) is 81.4 cm³/mol. The van der Waals surface area contributed by atoms with E-state index in [0.717, 1.165) is 27.5 Å². The molecule has 2 aromatic carbocycles. The van der Waals surface area contributed by atoms with Gasteiger partial charge in [0.2, 0.25) is 0 Å². The van der Waals surface area contributed by atoms with Gasteiger partial charge in [0.1, 0.15) is 0 Å². The van der Waals surface area contributed by atoms with Crippen LogP contribution >= 0.6 is 0 Å². The third-order valence-electron chi connectivity index (χ3n) is 3.59. The average Bonchev–Trinajstić information content (AvgIpc) is 3.09. The van der Waals surface area contributed by atoms with Gasteiger partial charge in [0.05, 0.1) is 36.1 Å². The Morgan fingerprint density at radius 3 is 2.86 bits per heavy atom. The van der Waals surface area contributed by atoms with Gasteiger partial charge < -0.3 is 5.11 Å². The number of benzene rings is 2. The molecule has 5 nitrogen and oxygen atoms in total. The fourth-order valence-electron chi connectivity index (χ4n) is 2.58. The van der Waals surface area contributed by atoms with Crippen LogP contribution in [0.5, 0.6) is 0 Å². The second-order valence-electron chi connectivity index (χ2n) is 4.97. The molecule has 5 heteroatoms. The minimum absolute atomic E-state index is 0.0879. The Balaban J connectivity index is 1.86. The summed E-state index contributed by atoms with van der Waals surface area (Å²) in [7, 11) is 0. The molecule has 104 valence electrons. The molecule has 2 aromatic heterocycles. The fraction of sp³-hybridized carbons (Fsp3) is 0.125. The van der Waals surface area contributed by atoms with E-state index >= 15 is 0 Å². The standard InChI is InChI=1S/C16H14N4O/c21-8-7-19-11-13-5-6-14(9-15(13)18-19)20-16-4-2-1-3-12(16)10-17-20/h1-6,9-11,21H,7-8H2. The number of hydrogen-bond donors (Lipinski definition) is 1. The summed E-state index contributed by atoms with van der Waals surface area (Å²) in [6.45, 7) is 0.597. The van der Waals surface area contributed by atoms with Crippen LogP contribution in [-0.2, 0) is 6.54 Å². The van der Waals surface area contributed by atoms with Crippen molar-refractivity contribution in [3.05, 3.63) is 54.9 Å². The molecule has 0 unspecified atom stereocenters. The lowest BCUT2D eigenvalue weighted by atomic mass is 10.2. The zero-order valence-corrected chi connectivity index (χ0v) is 11.3. The van der Waals surface area contributed by atoms with Crippen molar-refractivity contribution in [1.82, 2.24) is 19.6 Å². The molecule has 2 heterocycles. The van der Waals surface area contributed by atoms with Gasteiger partial charge in [-0.15, -0.1) is 0 Å². The summed E-state index contributed by atoms with van der Waals surface area (Å²) in [5.74, 6) is 0. The summed E-state index contributed by atoms with van der Waals surface area (Å²) < 4.78 is 3.68. The molecule has 0 amide bonds. The molecule has 0 fully saturated rings. The summed E-state index contributed by atoms with van der Waals surface area (Å²) in [6.07, 6.45) is 3.81. The molecule has 0 bridgehead atoms. The topological polar surface area (TPSA) is 55.9 Å². The van der Waals surface area contributed by atoms with Crippen LogP contribution in [0, 0.1) is 0 Å². The third kappa shape index (κ3) is 1.98. The Morgan fingerprint density at radius 2 is 1.95 bits per heavy atom. The van der Waals surface area contributed by atoms with Gasteiger partial charge >= 0.3 is 0 Å². The largest absolute Gasteiger partial charge is 0.394 e. The van der Waals surface area contributed by atoms with E-state index in [1.165, 1.54) is 0 Å². The zero-order valence-electron chi connectivity index (χ0n) is 11.3. The predicted octanol–water partition coefficient (Wildman–Crippen LogP) is 2.37. The van der Waals surface area contributed by atoms with E-state index in [4.69, 9.17) is 5.11 Å². The van der Waals surface area contributed by atoms with Gasteiger partial charge in [-0.25, -0.2) is 4.68 Å². The first-order valence-corrected chi connectivity index (χ1v) is 6.86. The van der Waals surface area contributed by atoms with E-state index in [0.29, 0.717) is 6.54 Å². The van der Waals surface area contributed by atoms with E-state index < -0.39 is 0 Å². The van der Waals surface area contributed by atoms with Crippen LogP contribution in [0.1, 0.15) is 0 Å². The summed E-state index contributed by atoms with van der Waals surface area (Å²) in [4.78, 5) is 0. The van der Waals surface area contributed by atoms with Crippen molar-refractivity contribution in [3.8, 4) is 5.69 Å². The maximum Gasteiger partial charge on any atom is 0.0944 e. The summed E-state index contributed by atoms with van der Waals surface area (Å²) >= 11 is 0. The molecule has 4 rings (SSSR count). The Bertz CT molecular complexity index is 922. The molecule has 0 saturated carbocycles. The monoisotopic (exact) mass is 278 g/mol. The zero-order chi connectivity index (χ0) is 14.2. The highest BCUT2D eigenvalue weighted by Crippen LogP contribution is 2.21. The summed E-state index contributed by atoms with van der Waals surface area (Å²) in [6, 6.07) is 14.2. The molecule has 21 heavy (non-hydrogen) atoms. The van der Waals surface area contributed by atoms with Gasteiger partial charge in [-0.05, 0) is 24.3 Å². The van der Waals surface area contributed by atoms with Crippen molar-refractivity contribution < 1.29 is 5.11 Å². The number of aromatic nitrogens is 4. The van der Waals surface area contributed by atoms with Crippen LogP contribution in [0.4, 0.5) is 0 Å². The lowest BCUT2D eigenvalue weighted by molar-refractivity contribution is 0.270. The second kappa shape index (κ2) is 4.71. The van der Waals surface area contributed by atoms with Crippen molar-refractivity contribution in [2.45, 2.75) is 6.54 Å². The Hall–Kier alpha value is -2.66. The molecule has 1 N–H and O–H groups in total.